The summed E-state index contributed by atoms with van der Waals surface area (Å²) in [6.07, 6.45) is -3.39. The summed E-state index contributed by atoms with van der Waals surface area (Å²) in [5.41, 5.74) is -0.185. The van der Waals surface area contributed by atoms with E-state index in [1.165, 1.54) is 13.2 Å². The minimum absolute atomic E-state index is 0.138. The van der Waals surface area contributed by atoms with Crippen LogP contribution in [0.4, 0.5) is 8.78 Å². The highest BCUT2D eigenvalue weighted by molar-refractivity contribution is 5.37. The van der Waals surface area contributed by atoms with E-state index in [0.717, 1.165) is 6.07 Å². The van der Waals surface area contributed by atoms with Crippen LogP contribution in [0.2, 0.25) is 0 Å². The molecule has 16 heavy (non-hydrogen) atoms. The van der Waals surface area contributed by atoms with Crippen molar-refractivity contribution in [1.82, 2.24) is 0 Å². The van der Waals surface area contributed by atoms with E-state index in [0.29, 0.717) is 6.07 Å². The van der Waals surface area contributed by atoms with Gasteiger partial charge >= 0.3 is 0 Å². The summed E-state index contributed by atoms with van der Waals surface area (Å²) in [6.45, 7) is 0. The van der Waals surface area contributed by atoms with Crippen LogP contribution in [-0.4, -0.2) is 23.4 Å². The van der Waals surface area contributed by atoms with E-state index in [4.69, 9.17) is 15.1 Å². The summed E-state index contributed by atoms with van der Waals surface area (Å²) >= 11 is 0. The van der Waals surface area contributed by atoms with Crippen LogP contribution in [0.3, 0.4) is 0 Å². The molecule has 1 aromatic rings. The van der Waals surface area contributed by atoms with Crippen LogP contribution in [0.5, 0.6) is 5.75 Å². The highest BCUT2D eigenvalue weighted by atomic mass is 19.2. The van der Waals surface area contributed by atoms with Gasteiger partial charge < -0.3 is 14.9 Å². The summed E-state index contributed by atoms with van der Waals surface area (Å²) < 4.78 is 30.5. The average Bonchev–Trinajstić information content (AvgIpc) is 2.30. The van der Waals surface area contributed by atoms with Gasteiger partial charge in [-0.2, -0.15) is 5.26 Å². The molecule has 0 fully saturated rings. The third kappa shape index (κ3) is 2.27. The number of hydrogen-bond acceptors (Lipinski definition) is 4. The third-order valence-corrected chi connectivity index (χ3v) is 2.02. The fraction of sp³-hybridized carbons (Fsp3) is 0.300. The Labute approximate surface area is 90.3 Å². The van der Waals surface area contributed by atoms with Gasteiger partial charge in [-0.15, -0.1) is 0 Å². The molecule has 2 unspecified atom stereocenters. The van der Waals surface area contributed by atoms with Gasteiger partial charge in [0.25, 0.3) is 0 Å². The van der Waals surface area contributed by atoms with Gasteiger partial charge in [-0.3, -0.25) is 0 Å². The van der Waals surface area contributed by atoms with Crippen molar-refractivity contribution in [2.45, 2.75) is 12.2 Å². The Morgan fingerprint density at radius 1 is 1.31 bits per heavy atom. The van der Waals surface area contributed by atoms with Crippen LogP contribution in [0.25, 0.3) is 0 Å². The van der Waals surface area contributed by atoms with Gasteiger partial charge in [0.1, 0.15) is 11.9 Å². The first-order valence-electron chi connectivity index (χ1n) is 4.30. The molecule has 0 spiro atoms. The molecule has 0 radical (unpaired) electrons. The summed E-state index contributed by atoms with van der Waals surface area (Å²) in [6, 6.07) is 2.80. The fourth-order valence-electron chi connectivity index (χ4n) is 1.19. The second kappa shape index (κ2) is 4.88. The molecule has 0 aromatic heterocycles. The van der Waals surface area contributed by atoms with Crippen LogP contribution in [-0.2, 0) is 0 Å². The minimum atomic E-state index is -1.74. The standard InChI is InChI=1S/C10H9F2NO3/c1-16-9-3-7(12)6(11)2-5(9)10(15)8(14)4-13/h2-3,8,10,14-15H,1H3. The number of ether oxygens (including phenoxy) is 1. The lowest BCUT2D eigenvalue weighted by Crippen LogP contribution is -2.17. The predicted octanol–water partition coefficient (Wildman–Crippen LogP) is 0.891. The summed E-state index contributed by atoms with van der Waals surface area (Å²) in [5.74, 6) is -2.47. The van der Waals surface area contributed by atoms with Crippen molar-refractivity contribution >= 4 is 0 Å². The number of hydrogen-bond donors (Lipinski definition) is 2. The smallest absolute Gasteiger partial charge is 0.170 e. The Kier molecular flexibility index (Phi) is 3.77. The van der Waals surface area contributed by atoms with Gasteiger partial charge in [-0.25, -0.2) is 8.78 Å². The second-order valence-corrected chi connectivity index (χ2v) is 3.03. The van der Waals surface area contributed by atoms with Crippen molar-refractivity contribution in [3.05, 3.63) is 29.3 Å². The molecule has 2 atom stereocenters. The van der Waals surface area contributed by atoms with E-state index < -0.39 is 23.8 Å². The monoisotopic (exact) mass is 229 g/mol. The first-order chi connectivity index (χ1) is 7.51. The molecule has 86 valence electrons. The SMILES string of the molecule is COc1cc(F)c(F)cc1C(O)C(O)C#N. The lowest BCUT2D eigenvalue weighted by Gasteiger charge is -2.15. The zero-order valence-corrected chi connectivity index (χ0v) is 8.32. The van der Waals surface area contributed by atoms with Gasteiger partial charge in [0.2, 0.25) is 0 Å². The summed E-state index contributed by atoms with van der Waals surface area (Å²) in [5, 5.41) is 26.9. The molecule has 0 saturated carbocycles. The summed E-state index contributed by atoms with van der Waals surface area (Å²) in [7, 11) is 1.20. The molecule has 0 aliphatic rings. The van der Waals surface area contributed by atoms with Gasteiger partial charge in [0.05, 0.1) is 13.2 Å². The molecule has 0 amide bonds. The van der Waals surface area contributed by atoms with Crippen molar-refractivity contribution < 1.29 is 23.7 Å². The predicted molar refractivity (Wildman–Crippen MR) is 49.5 cm³/mol. The Morgan fingerprint density at radius 2 is 1.88 bits per heavy atom. The van der Waals surface area contributed by atoms with Crippen LogP contribution >= 0.6 is 0 Å². The number of nitrogens with zero attached hydrogens (tertiary/aromatic N) is 1. The highest BCUT2D eigenvalue weighted by Gasteiger charge is 2.23. The second-order valence-electron chi connectivity index (χ2n) is 3.03. The number of halogens is 2. The first-order valence-corrected chi connectivity index (χ1v) is 4.30. The Balaban J connectivity index is 3.22. The molecule has 2 N–H and O–H groups in total. The van der Waals surface area contributed by atoms with E-state index in [2.05, 4.69) is 0 Å². The highest BCUT2D eigenvalue weighted by Crippen LogP contribution is 2.29. The van der Waals surface area contributed by atoms with Gasteiger partial charge in [0.15, 0.2) is 17.7 Å². The Morgan fingerprint density at radius 3 is 2.38 bits per heavy atom. The molecule has 0 heterocycles. The van der Waals surface area contributed by atoms with Crippen molar-refractivity contribution in [3.8, 4) is 11.8 Å². The maximum absolute atomic E-state index is 12.9. The van der Waals surface area contributed by atoms with E-state index >= 15 is 0 Å². The van der Waals surface area contributed by atoms with Crippen LogP contribution in [0, 0.1) is 23.0 Å². The van der Waals surface area contributed by atoms with Gasteiger partial charge in [0, 0.05) is 11.6 Å². The maximum Gasteiger partial charge on any atom is 0.170 e. The molecule has 0 bridgehead atoms. The van der Waals surface area contributed by atoms with E-state index in [9.17, 15) is 13.9 Å². The van der Waals surface area contributed by atoms with E-state index in [1.807, 2.05) is 0 Å². The topological polar surface area (TPSA) is 73.5 Å². The average molecular weight is 229 g/mol. The molecule has 1 aromatic carbocycles. The molecule has 6 heteroatoms. The van der Waals surface area contributed by atoms with E-state index in [-0.39, 0.29) is 11.3 Å². The normalized spacial score (nSPS) is 14.0. The zero-order valence-electron chi connectivity index (χ0n) is 8.32. The first kappa shape index (κ1) is 12.4. The third-order valence-electron chi connectivity index (χ3n) is 2.02. The lowest BCUT2D eigenvalue weighted by molar-refractivity contribution is 0.0507. The maximum atomic E-state index is 12.9. The van der Waals surface area contributed by atoms with Crippen molar-refractivity contribution in [3.63, 3.8) is 0 Å². The molecular formula is C10H9F2NO3. The lowest BCUT2D eigenvalue weighted by atomic mass is 10.0. The van der Waals surface area contributed by atoms with Crippen LogP contribution in [0.1, 0.15) is 11.7 Å². The fourth-order valence-corrected chi connectivity index (χ4v) is 1.19. The van der Waals surface area contributed by atoms with Crippen molar-refractivity contribution in [1.29, 1.82) is 5.26 Å². The molecule has 1 rings (SSSR count). The molecular weight excluding hydrogens is 220 g/mol. The van der Waals surface area contributed by atoms with Gasteiger partial charge in [-0.1, -0.05) is 0 Å². The Hall–Kier alpha value is -1.71. The van der Waals surface area contributed by atoms with Crippen molar-refractivity contribution in [2.24, 2.45) is 0 Å². The number of nitriles is 1. The number of rotatable bonds is 3. The molecule has 0 saturated heterocycles. The Bertz CT molecular complexity index is 431. The number of methoxy groups -OCH3 is 1. The van der Waals surface area contributed by atoms with Gasteiger partial charge in [-0.05, 0) is 6.07 Å². The number of aliphatic hydroxyl groups excluding tert-OH is 2. The molecule has 0 aliphatic heterocycles. The zero-order chi connectivity index (χ0) is 12.3. The van der Waals surface area contributed by atoms with E-state index in [1.54, 1.807) is 0 Å². The van der Waals surface area contributed by atoms with Crippen LogP contribution in [0.15, 0.2) is 12.1 Å². The number of aliphatic hydroxyl groups is 2. The van der Waals surface area contributed by atoms with Crippen molar-refractivity contribution in [2.75, 3.05) is 7.11 Å². The summed E-state index contributed by atoms with van der Waals surface area (Å²) in [4.78, 5) is 0. The molecule has 0 aliphatic carbocycles. The quantitative estimate of drug-likeness (QED) is 0.755. The number of benzene rings is 1. The van der Waals surface area contributed by atoms with Crippen LogP contribution < -0.4 is 4.74 Å². The minimum Gasteiger partial charge on any atom is -0.496 e. The largest absolute Gasteiger partial charge is 0.496 e. The molecule has 4 nitrogen and oxygen atoms in total.